The first-order valence-corrected chi connectivity index (χ1v) is 12.4. The monoisotopic (exact) mass is 497 g/mol. The minimum atomic E-state index is -0.438. The number of benzene rings is 3. The SMILES string of the molecule is CCCOc1ccc(Cc2nn3c(=O)/c(=C\c4cccc(Oc5ccccc5)c4)sc3nc2=O)cc1. The first-order chi connectivity index (χ1) is 17.6. The molecule has 0 aliphatic carbocycles. The predicted octanol–water partition coefficient (Wildman–Crippen LogP) is 4.23. The van der Waals surface area contributed by atoms with Crippen LogP contribution in [0.1, 0.15) is 30.2 Å². The van der Waals surface area contributed by atoms with Crippen LogP contribution in [0.5, 0.6) is 17.2 Å². The van der Waals surface area contributed by atoms with Crippen LogP contribution in [0.4, 0.5) is 0 Å². The zero-order valence-electron chi connectivity index (χ0n) is 19.6. The van der Waals surface area contributed by atoms with Crippen molar-refractivity contribution in [2.24, 2.45) is 0 Å². The lowest BCUT2D eigenvalue weighted by molar-refractivity contribution is 0.317. The van der Waals surface area contributed by atoms with E-state index in [-0.39, 0.29) is 22.6 Å². The molecule has 7 nitrogen and oxygen atoms in total. The molecule has 0 saturated carbocycles. The smallest absolute Gasteiger partial charge is 0.296 e. The summed E-state index contributed by atoms with van der Waals surface area (Å²) >= 11 is 1.13. The van der Waals surface area contributed by atoms with Gasteiger partial charge in [0.2, 0.25) is 4.96 Å². The molecule has 0 aliphatic heterocycles. The molecule has 36 heavy (non-hydrogen) atoms. The van der Waals surface area contributed by atoms with Crippen molar-refractivity contribution in [2.75, 3.05) is 6.61 Å². The number of hydrogen-bond donors (Lipinski definition) is 0. The van der Waals surface area contributed by atoms with E-state index in [0.29, 0.717) is 16.9 Å². The van der Waals surface area contributed by atoms with E-state index in [9.17, 15) is 9.59 Å². The Bertz CT molecular complexity index is 1660. The fourth-order valence-corrected chi connectivity index (χ4v) is 4.52. The van der Waals surface area contributed by atoms with E-state index in [1.165, 1.54) is 4.52 Å². The Hall–Kier alpha value is -4.30. The van der Waals surface area contributed by atoms with Crippen molar-refractivity contribution in [3.8, 4) is 17.2 Å². The van der Waals surface area contributed by atoms with Gasteiger partial charge in [0, 0.05) is 6.42 Å². The molecule has 0 fully saturated rings. The Labute approximate surface area is 210 Å². The third kappa shape index (κ3) is 5.34. The van der Waals surface area contributed by atoms with Crippen molar-refractivity contribution in [1.29, 1.82) is 0 Å². The van der Waals surface area contributed by atoms with Crippen LogP contribution in [0.15, 0.2) is 88.5 Å². The normalized spacial score (nSPS) is 11.6. The molecule has 3 aromatic carbocycles. The summed E-state index contributed by atoms with van der Waals surface area (Å²) in [4.78, 5) is 30.1. The second kappa shape index (κ2) is 10.5. The van der Waals surface area contributed by atoms with Crippen molar-refractivity contribution in [3.05, 3.63) is 121 Å². The number of aromatic nitrogens is 3. The Balaban J connectivity index is 1.42. The molecule has 0 aliphatic rings. The maximum absolute atomic E-state index is 13.1. The van der Waals surface area contributed by atoms with Gasteiger partial charge >= 0.3 is 0 Å². The van der Waals surface area contributed by atoms with Crippen LogP contribution in [0.25, 0.3) is 11.0 Å². The van der Waals surface area contributed by atoms with Gasteiger partial charge in [0.1, 0.15) is 22.9 Å². The van der Waals surface area contributed by atoms with Crippen LogP contribution in [0.3, 0.4) is 0 Å². The number of ether oxygens (including phenoxy) is 2. The highest BCUT2D eigenvalue weighted by Crippen LogP contribution is 2.22. The van der Waals surface area contributed by atoms with E-state index >= 15 is 0 Å². The van der Waals surface area contributed by atoms with E-state index < -0.39 is 5.56 Å². The van der Waals surface area contributed by atoms with Crippen LogP contribution in [0, 0.1) is 0 Å². The van der Waals surface area contributed by atoms with Gasteiger partial charge in [0.05, 0.1) is 11.1 Å². The minimum absolute atomic E-state index is 0.217. The topological polar surface area (TPSA) is 82.8 Å². The number of rotatable bonds is 8. The fraction of sp³-hybridized carbons (Fsp3) is 0.143. The first kappa shape index (κ1) is 23.4. The third-order valence-corrected chi connectivity index (χ3v) is 6.31. The van der Waals surface area contributed by atoms with Crippen LogP contribution in [-0.4, -0.2) is 21.2 Å². The van der Waals surface area contributed by atoms with Crippen molar-refractivity contribution < 1.29 is 9.47 Å². The van der Waals surface area contributed by atoms with E-state index in [0.717, 1.165) is 40.4 Å². The van der Waals surface area contributed by atoms with E-state index in [1.54, 1.807) is 6.08 Å². The summed E-state index contributed by atoms with van der Waals surface area (Å²) in [7, 11) is 0. The molecule has 5 rings (SSSR count). The van der Waals surface area contributed by atoms with E-state index in [1.807, 2.05) is 85.8 Å². The molecule has 0 bridgehead atoms. The van der Waals surface area contributed by atoms with Crippen molar-refractivity contribution in [1.82, 2.24) is 14.6 Å². The van der Waals surface area contributed by atoms with Crippen LogP contribution in [0.2, 0.25) is 0 Å². The Morgan fingerprint density at radius 2 is 1.69 bits per heavy atom. The van der Waals surface area contributed by atoms with E-state index in [4.69, 9.17) is 9.47 Å². The molecule has 0 spiro atoms. The molecule has 0 N–H and O–H groups in total. The highest BCUT2D eigenvalue weighted by atomic mass is 32.1. The van der Waals surface area contributed by atoms with Crippen LogP contribution >= 0.6 is 11.3 Å². The third-order valence-electron chi connectivity index (χ3n) is 5.35. The van der Waals surface area contributed by atoms with Gasteiger partial charge in [-0.25, -0.2) is 0 Å². The number of hydrogen-bond acceptors (Lipinski definition) is 7. The molecular weight excluding hydrogens is 474 g/mol. The largest absolute Gasteiger partial charge is 0.494 e. The molecule has 0 amide bonds. The van der Waals surface area contributed by atoms with Crippen LogP contribution < -0.4 is 25.1 Å². The molecule has 2 heterocycles. The lowest BCUT2D eigenvalue weighted by Crippen LogP contribution is -2.28. The van der Waals surface area contributed by atoms with Crippen molar-refractivity contribution in [3.63, 3.8) is 0 Å². The summed E-state index contributed by atoms with van der Waals surface area (Å²) in [6.07, 6.45) is 2.95. The van der Waals surface area contributed by atoms with Gasteiger partial charge in [0.15, 0.2) is 0 Å². The summed E-state index contributed by atoms with van der Waals surface area (Å²) in [5.41, 5.74) is 1.14. The molecule has 0 unspecified atom stereocenters. The highest BCUT2D eigenvalue weighted by Gasteiger charge is 2.12. The molecule has 180 valence electrons. The molecule has 2 aromatic heterocycles. The van der Waals surface area contributed by atoms with Crippen molar-refractivity contribution >= 4 is 22.4 Å². The molecule has 8 heteroatoms. The molecule has 0 atom stereocenters. The van der Waals surface area contributed by atoms with Crippen LogP contribution in [-0.2, 0) is 6.42 Å². The maximum atomic E-state index is 13.1. The summed E-state index contributed by atoms with van der Waals surface area (Å²) in [6.45, 7) is 2.70. The predicted molar refractivity (Wildman–Crippen MR) is 140 cm³/mol. The van der Waals surface area contributed by atoms with Crippen molar-refractivity contribution in [2.45, 2.75) is 19.8 Å². The second-order valence-corrected chi connectivity index (χ2v) is 9.14. The quantitative estimate of drug-likeness (QED) is 0.319. The number of para-hydroxylation sites is 1. The number of fused-ring (bicyclic) bond motifs is 1. The maximum Gasteiger partial charge on any atom is 0.296 e. The average Bonchev–Trinajstić information content (AvgIpc) is 3.18. The first-order valence-electron chi connectivity index (χ1n) is 11.6. The summed E-state index contributed by atoms with van der Waals surface area (Å²) in [6, 6.07) is 24.4. The highest BCUT2D eigenvalue weighted by molar-refractivity contribution is 7.15. The summed E-state index contributed by atoms with van der Waals surface area (Å²) < 4.78 is 13.1. The lowest BCUT2D eigenvalue weighted by Gasteiger charge is -2.05. The summed E-state index contributed by atoms with van der Waals surface area (Å²) in [5.74, 6) is 2.16. The van der Waals surface area contributed by atoms with Gasteiger partial charge < -0.3 is 9.47 Å². The molecular formula is C28H23N3O4S. The second-order valence-electron chi connectivity index (χ2n) is 8.13. The standard InChI is InChI=1S/C28H23N3O4S/c1-2-15-34-21-13-11-19(12-14-21)17-24-26(32)29-28-31(30-24)27(33)25(36-28)18-20-7-6-10-23(16-20)35-22-8-4-3-5-9-22/h3-14,16,18H,2,15,17H2,1H3/b25-18+. The molecule has 0 saturated heterocycles. The fourth-order valence-electron chi connectivity index (χ4n) is 3.61. The number of nitrogens with zero attached hydrogens (tertiary/aromatic N) is 3. The number of thiazole rings is 1. The van der Waals surface area contributed by atoms with Gasteiger partial charge in [-0.3, -0.25) is 9.59 Å². The molecule has 0 radical (unpaired) electrons. The van der Waals surface area contributed by atoms with Gasteiger partial charge in [0.25, 0.3) is 11.1 Å². The summed E-state index contributed by atoms with van der Waals surface area (Å²) in [5, 5.41) is 4.34. The van der Waals surface area contributed by atoms with Gasteiger partial charge in [-0.2, -0.15) is 14.6 Å². The lowest BCUT2D eigenvalue weighted by atomic mass is 10.1. The zero-order chi connectivity index (χ0) is 24.9. The van der Waals surface area contributed by atoms with Gasteiger partial charge in [-0.05, 0) is 60.0 Å². The van der Waals surface area contributed by atoms with Gasteiger partial charge in [-0.15, -0.1) is 0 Å². The Morgan fingerprint density at radius 1 is 0.917 bits per heavy atom. The van der Waals surface area contributed by atoms with E-state index in [2.05, 4.69) is 10.1 Å². The Kier molecular flexibility index (Phi) is 6.86. The zero-order valence-corrected chi connectivity index (χ0v) is 20.4. The average molecular weight is 498 g/mol. The van der Waals surface area contributed by atoms with Gasteiger partial charge in [-0.1, -0.05) is 60.7 Å². The Morgan fingerprint density at radius 3 is 2.47 bits per heavy atom. The molecule has 5 aromatic rings. The minimum Gasteiger partial charge on any atom is -0.494 e.